The molecule has 1 aromatic rings. The zero-order chi connectivity index (χ0) is 10.7. The van der Waals surface area contributed by atoms with Crippen molar-refractivity contribution in [3.05, 3.63) is 30.1 Å². The van der Waals surface area contributed by atoms with E-state index in [0.29, 0.717) is 18.6 Å². The van der Waals surface area contributed by atoms with Crippen LogP contribution in [0.3, 0.4) is 0 Å². The molecule has 15 heavy (non-hydrogen) atoms. The first-order valence-corrected chi connectivity index (χ1v) is 5.18. The molecule has 1 aromatic carbocycles. The van der Waals surface area contributed by atoms with Gasteiger partial charge in [-0.3, -0.25) is 4.79 Å². The van der Waals surface area contributed by atoms with E-state index in [-0.39, 0.29) is 17.7 Å². The summed E-state index contributed by atoms with van der Waals surface area (Å²) < 4.78 is 18.2. The van der Waals surface area contributed by atoms with Crippen molar-refractivity contribution in [2.45, 2.75) is 31.8 Å². The van der Waals surface area contributed by atoms with Crippen molar-refractivity contribution in [3.63, 3.8) is 0 Å². The fraction of sp³-hybridized carbons (Fsp3) is 0.417. The second kappa shape index (κ2) is 4.43. The van der Waals surface area contributed by atoms with Crippen LogP contribution in [-0.4, -0.2) is 11.9 Å². The number of carbonyl (C=O) groups excluding carboxylic acids is 1. The van der Waals surface area contributed by atoms with Gasteiger partial charge in [-0.25, -0.2) is 4.39 Å². The summed E-state index contributed by atoms with van der Waals surface area (Å²) in [5, 5.41) is 0. The Kier molecular flexibility index (Phi) is 2.99. The van der Waals surface area contributed by atoms with Crippen molar-refractivity contribution in [3.8, 4) is 5.75 Å². The second-order valence-corrected chi connectivity index (χ2v) is 3.83. The van der Waals surface area contributed by atoms with Crippen LogP contribution >= 0.6 is 0 Å². The third-order valence-corrected chi connectivity index (χ3v) is 2.55. The molecular weight excluding hydrogens is 195 g/mol. The number of carbonyl (C=O) groups is 1. The molecule has 1 atom stereocenters. The second-order valence-electron chi connectivity index (χ2n) is 3.83. The van der Waals surface area contributed by atoms with E-state index in [1.807, 2.05) is 0 Å². The molecule has 3 heteroatoms. The van der Waals surface area contributed by atoms with Crippen molar-refractivity contribution >= 4 is 5.78 Å². The van der Waals surface area contributed by atoms with Crippen molar-refractivity contribution < 1.29 is 13.9 Å². The number of ether oxygens (including phenoxy) is 1. The summed E-state index contributed by atoms with van der Waals surface area (Å²) in [6.45, 7) is 0. The van der Waals surface area contributed by atoms with Gasteiger partial charge in [-0.15, -0.1) is 0 Å². The largest absolute Gasteiger partial charge is 0.490 e. The summed E-state index contributed by atoms with van der Waals surface area (Å²) in [6, 6.07) is 5.91. The molecule has 80 valence electrons. The SMILES string of the molecule is O=C1CCCC(Oc2ccc(F)cc2)C1. The zero-order valence-electron chi connectivity index (χ0n) is 8.41. The van der Waals surface area contributed by atoms with E-state index < -0.39 is 0 Å². The van der Waals surface area contributed by atoms with E-state index in [4.69, 9.17) is 4.74 Å². The van der Waals surface area contributed by atoms with Crippen LogP contribution in [0.5, 0.6) is 5.75 Å². The van der Waals surface area contributed by atoms with Crippen LogP contribution in [0.1, 0.15) is 25.7 Å². The lowest BCUT2D eigenvalue weighted by Crippen LogP contribution is -2.25. The van der Waals surface area contributed by atoms with Crippen LogP contribution in [0.15, 0.2) is 24.3 Å². The third-order valence-electron chi connectivity index (χ3n) is 2.55. The van der Waals surface area contributed by atoms with Gasteiger partial charge in [-0.05, 0) is 37.1 Å². The van der Waals surface area contributed by atoms with E-state index in [0.717, 1.165) is 12.8 Å². The summed E-state index contributed by atoms with van der Waals surface area (Å²) in [6.07, 6.45) is 2.92. The molecule has 1 aliphatic rings. The van der Waals surface area contributed by atoms with Gasteiger partial charge >= 0.3 is 0 Å². The summed E-state index contributed by atoms with van der Waals surface area (Å²) in [7, 11) is 0. The summed E-state index contributed by atoms with van der Waals surface area (Å²) in [5.74, 6) is 0.617. The Labute approximate surface area is 88.1 Å². The van der Waals surface area contributed by atoms with Gasteiger partial charge in [0.2, 0.25) is 0 Å². The fourth-order valence-electron chi connectivity index (χ4n) is 1.79. The number of Topliss-reactive ketones (excluding diaryl/α,β-unsaturated/α-hetero) is 1. The van der Waals surface area contributed by atoms with Crippen LogP contribution in [0.4, 0.5) is 4.39 Å². The van der Waals surface area contributed by atoms with Crippen LogP contribution in [0, 0.1) is 5.82 Å². The molecule has 0 heterocycles. The molecular formula is C12H13FO2. The minimum Gasteiger partial charge on any atom is -0.490 e. The zero-order valence-corrected chi connectivity index (χ0v) is 8.41. The number of hydrogen-bond donors (Lipinski definition) is 0. The molecule has 1 saturated carbocycles. The maximum Gasteiger partial charge on any atom is 0.136 e. The average Bonchev–Trinajstić information content (AvgIpc) is 2.22. The lowest BCUT2D eigenvalue weighted by atomic mass is 9.96. The monoisotopic (exact) mass is 208 g/mol. The molecule has 0 radical (unpaired) electrons. The van der Waals surface area contributed by atoms with Gasteiger partial charge in [0.1, 0.15) is 23.5 Å². The first-order chi connectivity index (χ1) is 7.24. The highest BCUT2D eigenvalue weighted by atomic mass is 19.1. The molecule has 0 bridgehead atoms. The molecule has 2 rings (SSSR count). The van der Waals surface area contributed by atoms with Gasteiger partial charge in [-0.2, -0.15) is 0 Å². The van der Waals surface area contributed by atoms with E-state index >= 15 is 0 Å². The van der Waals surface area contributed by atoms with E-state index in [1.54, 1.807) is 12.1 Å². The molecule has 2 nitrogen and oxygen atoms in total. The molecule has 0 aromatic heterocycles. The van der Waals surface area contributed by atoms with Gasteiger partial charge in [0.05, 0.1) is 0 Å². The van der Waals surface area contributed by atoms with Crippen LogP contribution < -0.4 is 4.74 Å². The number of halogens is 1. The summed E-state index contributed by atoms with van der Waals surface area (Å²) >= 11 is 0. The molecule has 0 saturated heterocycles. The van der Waals surface area contributed by atoms with Crippen LogP contribution in [-0.2, 0) is 4.79 Å². The van der Waals surface area contributed by atoms with E-state index in [1.165, 1.54) is 12.1 Å². The molecule has 0 N–H and O–H groups in total. The van der Waals surface area contributed by atoms with Crippen molar-refractivity contribution in [2.24, 2.45) is 0 Å². The molecule has 1 aliphatic carbocycles. The number of ketones is 1. The number of hydrogen-bond acceptors (Lipinski definition) is 2. The minimum atomic E-state index is -0.276. The van der Waals surface area contributed by atoms with Crippen molar-refractivity contribution in [1.82, 2.24) is 0 Å². The van der Waals surface area contributed by atoms with Crippen molar-refractivity contribution in [1.29, 1.82) is 0 Å². The third kappa shape index (κ3) is 2.78. The molecule has 0 aliphatic heterocycles. The molecule has 0 amide bonds. The lowest BCUT2D eigenvalue weighted by molar-refractivity contribution is -0.122. The lowest BCUT2D eigenvalue weighted by Gasteiger charge is -2.22. The Hall–Kier alpha value is -1.38. The Morgan fingerprint density at radius 1 is 1.27 bits per heavy atom. The van der Waals surface area contributed by atoms with Crippen molar-refractivity contribution in [2.75, 3.05) is 0 Å². The van der Waals surface area contributed by atoms with Gasteiger partial charge in [-0.1, -0.05) is 0 Å². The predicted molar refractivity (Wildman–Crippen MR) is 54.3 cm³/mol. The standard InChI is InChI=1S/C12H13FO2/c13-9-4-6-11(7-5-9)15-12-3-1-2-10(14)8-12/h4-7,12H,1-3,8H2. The Bertz CT molecular complexity index is 345. The Balaban J connectivity index is 1.96. The molecule has 1 unspecified atom stereocenters. The first kappa shape index (κ1) is 10.1. The average molecular weight is 208 g/mol. The minimum absolute atomic E-state index is 0.0308. The maximum atomic E-state index is 12.6. The fourth-order valence-corrected chi connectivity index (χ4v) is 1.79. The van der Waals surface area contributed by atoms with E-state index in [9.17, 15) is 9.18 Å². The smallest absolute Gasteiger partial charge is 0.136 e. The number of benzene rings is 1. The quantitative estimate of drug-likeness (QED) is 0.747. The Morgan fingerprint density at radius 3 is 2.67 bits per heavy atom. The highest BCUT2D eigenvalue weighted by molar-refractivity contribution is 5.79. The molecule has 1 fully saturated rings. The summed E-state index contributed by atoms with van der Waals surface area (Å²) in [5.41, 5.74) is 0. The maximum absolute atomic E-state index is 12.6. The van der Waals surface area contributed by atoms with Gasteiger partial charge < -0.3 is 4.74 Å². The molecule has 0 spiro atoms. The normalized spacial score (nSPS) is 21.4. The number of rotatable bonds is 2. The Morgan fingerprint density at radius 2 is 2.00 bits per heavy atom. The van der Waals surface area contributed by atoms with Gasteiger partial charge in [0.25, 0.3) is 0 Å². The summed E-state index contributed by atoms with van der Waals surface area (Å²) in [4.78, 5) is 11.2. The van der Waals surface area contributed by atoms with E-state index in [2.05, 4.69) is 0 Å². The van der Waals surface area contributed by atoms with Crippen LogP contribution in [0.2, 0.25) is 0 Å². The topological polar surface area (TPSA) is 26.3 Å². The van der Waals surface area contributed by atoms with Gasteiger partial charge in [0, 0.05) is 12.8 Å². The first-order valence-electron chi connectivity index (χ1n) is 5.18. The van der Waals surface area contributed by atoms with Crippen LogP contribution in [0.25, 0.3) is 0 Å². The highest BCUT2D eigenvalue weighted by Gasteiger charge is 2.20. The highest BCUT2D eigenvalue weighted by Crippen LogP contribution is 2.21. The predicted octanol–water partition coefficient (Wildman–Crippen LogP) is 2.72. The van der Waals surface area contributed by atoms with Gasteiger partial charge in [0.15, 0.2) is 0 Å².